The predicted molar refractivity (Wildman–Crippen MR) is 67.9 cm³/mol. The molecule has 0 fully saturated rings. The Morgan fingerprint density at radius 2 is 2.21 bits per heavy atom. The number of aromatic nitrogens is 1. The third-order valence-corrected chi connectivity index (χ3v) is 3.41. The number of aryl methyl sites for hydroxylation is 2. The molecule has 0 aliphatic carbocycles. The molecule has 1 aromatic carbocycles. The zero-order valence-corrected chi connectivity index (χ0v) is 11.0. The number of nitrogens with zero attached hydrogens (tertiary/aromatic N) is 3. The molecular weight excluding hydrogens is 266 g/mol. The molecule has 7 heteroatoms. The van der Waals surface area contributed by atoms with Gasteiger partial charge in [-0.3, -0.25) is 10.1 Å². The molecule has 0 bridgehead atoms. The van der Waals surface area contributed by atoms with E-state index in [0.29, 0.717) is 15.9 Å². The van der Waals surface area contributed by atoms with Gasteiger partial charge in [0.15, 0.2) is 0 Å². The van der Waals surface area contributed by atoms with Crippen molar-refractivity contribution in [1.82, 2.24) is 4.98 Å². The molecule has 0 spiro atoms. The lowest BCUT2D eigenvalue weighted by Gasteiger charge is -1.99. The number of nitro benzene ring substituents is 1. The molecule has 1 aromatic heterocycles. The van der Waals surface area contributed by atoms with Crippen molar-refractivity contribution in [1.29, 1.82) is 5.26 Å². The van der Waals surface area contributed by atoms with E-state index in [1.54, 1.807) is 13.8 Å². The van der Waals surface area contributed by atoms with Crippen molar-refractivity contribution in [3.05, 3.63) is 45.3 Å². The third-order valence-electron chi connectivity index (χ3n) is 2.49. The second-order valence-electron chi connectivity index (χ2n) is 3.77. The first-order valence-electron chi connectivity index (χ1n) is 5.31. The highest BCUT2D eigenvalue weighted by molar-refractivity contribution is 7.99. The first kappa shape index (κ1) is 13.1. The summed E-state index contributed by atoms with van der Waals surface area (Å²) in [5.74, 6) is 0.679. The van der Waals surface area contributed by atoms with Gasteiger partial charge in [-0.15, -0.1) is 0 Å². The molecule has 0 radical (unpaired) electrons. The lowest BCUT2D eigenvalue weighted by atomic mass is 10.2. The molecule has 96 valence electrons. The van der Waals surface area contributed by atoms with Crippen LogP contribution in [-0.2, 0) is 0 Å². The van der Waals surface area contributed by atoms with Gasteiger partial charge < -0.3 is 4.42 Å². The van der Waals surface area contributed by atoms with E-state index in [1.807, 2.05) is 6.07 Å². The van der Waals surface area contributed by atoms with Crippen LogP contribution in [0.1, 0.15) is 17.0 Å². The molecule has 0 amide bonds. The zero-order valence-electron chi connectivity index (χ0n) is 10.2. The molecule has 2 rings (SSSR count). The van der Waals surface area contributed by atoms with Crippen LogP contribution in [0, 0.1) is 35.3 Å². The number of rotatable bonds is 3. The third kappa shape index (κ3) is 2.74. The van der Waals surface area contributed by atoms with Gasteiger partial charge in [0.25, 0.3) is 10.9 Å². The maximum atomic E-state index is 11.0. The average Bonchev–Trinajstić information content (AvgIpc) is 2.68. The summed E-state index contributed by atoms with van der Waals surface area (Å²) in [5.41, 5.74) is 0.868. The van der Waals surface area contributed by atoms with Crippen LogP contribution >= 0.6 is 11.8 Å². The van der Waals surface area contributed by atoms with Gasteiger partial charge in [0.1, 0.15) is 5.76 Å². The minimum absolute atomic E-state index is 0.127. The van der Waals surface area contributed by atoms with Crippen molar-refractivity contribution in [3.63, 3.8) is 0 Å². The molecule has 0 N–H and O–H groups in total. The maximum Gasteiger partial charge on any atom is 0.284 e. The highest BCUT2D eigenvalue weighted by atomic mass is 32.2. The minimum atomic E-state index is -0.522. The first-order chi connectivity index (χ1) is 9.01. The van der Waals surface area contributed by atoms with Crippen molar-refractivity contribution in [3.8, 4) is 6.07 Å². The Morgan fingerprint density at radius 3 is 2.74 bits per heavy atom. The molecule has 2 aromatic rings. The fraction of sp³-hybridized carbons (Fsp3) is 0.167. The zero-order chi connectivity index (χ0) is 14.0. The number of nitriles is 1. The molecule has 0 saturated heterocycles. The largest absolute Gasteiger partial charge is 0.436 e. The molecule has 0 atom stereocenters. The average molecular weight is 275 g/mol. The smallest absolute Gasteiger partial charge is 0.284 e. The summed E-state index contributed by atoms with van der Waals surface area (Å²) >= 11 is 1.07. The van der Waals surface area contributed by atoms with Gasteiger partial charge in [0.05, 0.1) is 27.1 Å². The second-order valence-corrected chi connectivity index (χ2v) is 4.77. The van der Waals surface area contributed by atoms with Crippen molar-refractivity contribution < 1.29 is 9.34 Å². The van der Waals surface area contributed by atoms with Crippen LogP contribution in [-0.4, -0.2) is 9.91 Å². The summed E-state index contributed by atoms with van der Waals surface area (Å²) < 4.78 is 5.37. The molecule has 1 heterocycles. The van der Waals surface area contributed by atoms with E-state index in [-0.39, 0.29) is 11.3 Å². The minimum Gasteiger partial charge on any atom is -0.436 e. The van der Waals surface area contributed by atoms with Gasteiger partial charge in [-0.25, -0.2) is 4.98 Å². The van der Waals surface area contributed by atoms with Crippen LogP contribution in [0.4, 0.5) is 5.69 Å². The Kier molecular flexibility index (Phi) is 3.53. The second kappa shape index (κ2) is 5.12. The number of nitro groups is 1. The van der Waals surface area contributed by atoms with E-state index in [0.717, 1.165) is 17.5 Å². The van der Waals surface area contributed by atoms with E-state index >= 15 is 0 Å². The number of hydrogen-bond donors (Lipinski definition) is 0. The van der Waals surface area contributed by atoms with Crippen LogP contribution in [0.3, 0.4) is 0 Å². The molecule has 6 nitrogen and oxygen atoms in total. The van der Waals surface area contributed by atoms with Gasteiger partial charge in [-0.05, 0) is 37.7 Å². The van der Waals surface area contributed by atoms with Gasteiger partial charge >= 0.3 is 0 Å². The first-order valence-corrected chi connectivity index (χ1v) is 6.13. The normalized spacial score (nSPS) is 10.2. The van der Waals surface area contributed by atoms with E-state index in [4.69, 9.17) is 9.68 Å². The molecule has 19 heavy (non-hydrogen) atoms. The van der Waals surface area contributed by atoms with Gasteiger partial charge in [-0.2, -0.15) is 5.26 Å². The van der Waals surface area contributed by atoms with E-state index in [9.17, 15) is 10.1 Å². The highest BCUT2D eigenvalue weighted by Gasteiger charge is 2.18. The Balaban J connectivity index is 2.39. The Bertz CT molecular complexity index is 669. The van der Waals surface area contributed by atoms with Crippen molar-refractivity contribution in [2.75, 3.05) is 0 Å². The standard InChI is InChI=1S/C12H9N3O3S/c1-7-8(2)18-12(14-7)19-11-4-3-9(6-13)5-10(11)15(16)17/h3-5H,1-2H3. The van der Waals surface area contributed by atoms with Crippen LogP contribution in [0.25, 0.3) is 0 Å². The Hall–Kier alpha value is -2.33. The summed E-state index contributed by atoms with van der Waals surface area (Å²) in [4.78, 5) is 15.0. The predicted octanol–water partition coefficient (Wildman–Crippen LogP) is 3.22. The molecule has 0 aliphatic rings. The van der Waals surface area contributed by atoms with Gasteiger partial charge in [-0.1, -0.05) is 0 Å². The monoisotopic (exact) mass is 275 g/mol. The fourth-order valence-electron chi connectivity index (χ4n) is 1.40. The topological polar surface area (TPSA) is 93.0 Å². The van der Waals surface area contributed by atoms with E-state index in [1.165, 1.54) is 18.2 Å². The van der Waals surface area contributed by atoms with Crippen LogP contribution < -0.4 is 0 Å². The quantitative estimate of drug-likeness (QED) is 0.630. The maximum absolute atomic E-state index is 11.0. The van der Waals surface area contributed by atoms with Crippen LogP contribution in [0.15, 0.2) is 32.7 Å². The van der Waals surface area contributed by atoms with Gasteiger partial charge in [0, 0.05) is 6.07 Å². The Labute approximate surface area is 113 Å². The molecule has 0 unspecified atom stereocenters. The summed E-state index contributed by atoms with van der Waals surface area (Å²) in [6.07, 6.45) is 0. The number of benzene rings is 1. The summed E-state index contributed by atoms with van der Waals surface area (Å²) in [6.45, 7) is 3.58. The number of hydrogen-bond acceptors (Lipinski definition) is 6. The molecule has 0 saturated carbocycles. The summed E-state index contributed by atoms with van der Waals surface area (Å²) in [7, 11) is 0. The van der Waals surface area contributed by atoms with E-state index < -0.39 is 4.92 Å². The van der Waals surface area contributed by atoms with Crippen LogP contribution in [0.5, 0.6) is 0 Å². The van der Waals surface area contributed by atoms with Crippen LogP contribution in [0.2, 0.25) is 0 Å². The molecule has 0 aliphatic heterocycles. The Morgan fingerprint density at radius 1 is 1.47 bits per heavy atom. The number of oxazole rings is 1. The van der Waals surface area contributed by atoms with Crippen molar-refractivity contribution >= 4 is 17.4 Å². The summed E-state index contributed by atoms with van der Waals surface area (Å²) in [6, 6.07) is 6.16. The fourth-order valence-corrected chi connectivity index (χ4v) is 2.31. The molecular formula is C12H9N3O3S. The summed E-state index contributed by atoms with van der Waals surface area (Å²) in [5, 5.41) is 20.1. The SMILES string of the molecule is Cc1nc(Sc2ccc(C#N)cc2[N+](=O)[O-])oc1C. The van der Waals surface area contributed by atoms with E-state index in [2.05, 4.69) is 4.98 Å². The van der Waals surface area contributed by atoms with Crippen molar-refractivity contribution in [2.45, 2.75) is 24.0 Å². The lowest BCUT2D eigenvalue weighted by molar-refractivity contribution is -0.387. The van der Waals surface area contributed by atoms with Crippen molar-refractivity contribution in [2.24, 2.45) is 0 Å². The highest BCUT2D eigenvalue weighted by Crippen LogP contribution is 2.35. The lowest BCUT2D eigenvalue weighted by Crippen LogP contribution is -1.92. The van der Waals surface area contributed by atoms with Gasteiger partial charge in [0.2, 0.25) is 0 Å².